The zero-order chi connectivity index (χ0) is 15.9. The van der Waals surface area contributed by atoms with Gasteiger partial charge < -0.3 is 15.8 Å². The van der Waals surface area contributed by atoms with Crippen molar-refractivity contribution in [2.24, 2.45) is 5.73 Å². The van der Waals surface area contributed by atoms with Crippen LogP contribution in [0.15, 0.2) is 42.6 Å². The van der Waals surface area contributed by atoms with Crippen molar-refractivity contribution in [2.75, 3.05) is 0 Å². The summed E-state index contributed by atoms with van der Waals surface area (Å²) in [6, 6.07) is 8.96. The van der Waals surface area contributed by atoms with Gasteiger partial charge in [-0.2, -0.15) is 0 Å². The minimum atomic E-state index is -0.320. The average Bonchev–Trinajstić information content (AvgIpc) is 2.47. The SMILES string of the molecule is CC(N)CC(=O)NCc1cc(Oc2ccc(F)cc2)ccn1.Cl.Cl. The molecule has 2 aromatic rings. The zero-order valence-corrected chi connectivity index (χ0v) is 14.7. The van der Waals surface area contributed by atoms with Gasteiger partial charge in [0.05, 0.1) is 12.2 Å². The zero-order valence-electron chi connectivity index (χ0n) is 13.1. The van der Waals surface area contributed by atoms with Crippen molar-refractivity contribution >= 4 is 30.7 Å². The number of halogens is 3. The summed E-state index contributed by atoms with van der Waals surface area (Å²) in [5.74, 6) is 0.652. The third kappa shape index (κ3) is 7.59. The number of nitrogens with zero attached hydrogens (tertiary/aromatic N) is 1. The quantitative estimate of drug-likeness (QED) is 0.812. The molecule has 0 bridgehead atoms. The van der Waals surface area contributed by atoms with Gasteiger partial charge in [-0.05, 0) is 37.3 Å². The minimum Gasteiger partial charge on any atom is -0.457 e. The van der Waals surface area contributed by atoms with E-state index in [0.717, 1.165) is 0 Å². The molecule has 3 N–H and O–H groups in total. The summed E-state index contributed by atoms with van der Waals surface area (Å²) >= 11 is 0. The lowest BCUT2D eigenvalue weighted by Crippen LogP contribution is -2.29. The first-order chi connectivity index (χ1) is 10.5. The molecule has 1 aromatic heterocycles. The van der Waals surface area contributed by atoms with Gasteiger partial charge in [0, 0.05) is 24.7 Å². The molecular formula is C16H20Cl2FN3O2. The Hall–Kier alpha value is -1.89. The van der Waals surface area contributed by atoms with Crippen molar-refractivity contribution in [3.05, 3.63) is 54.1 Å². The van der Waals surface area contributed by atoms with Crippen LogP contribution < -0.4 is 15.8 Å². The summed E-state index contributed by atoms with van der Waals surface area (Å²) in [5, 5.41) is 2.74. The average molecular weight is 376 g/mol. The molecule has 0 spiro atoms. The van der Waals surface area contributed by atoms with Crippen molar-refractivity contribution in [1.82, 2.24) is 10.3 Å². The number of nitrogens with one attached hydrogen (secondary N) is 1. The molecule has 0 saturated carbocycles. The molecule has 8 heteroatoms. The highest BCUT2D eigenvalue weighted by Crippen LogP contribution is 2.21. The fourth-order valence-electron chi connectivity index (χ4n) is 1.81. The van der Waals surface area contributed by atoms with Crippen molar-refractivity contribution < 1.29 is 13.9 Å². The Balaban J connectivity index is 0.00000264. The Kier molecular flexibility index (Phi) is 9.95. The summed E-state index contributed by atoms with van der Waals surface area (Å²) < 4.78 is 18.4. The highest BCUT2D eigenvalue weighted by atomic mass is 35.5. The predicted molar refractivity (Wildman–Crippen MR) is 95.3 cm³/mol. The van der Waals surface area contributed by atoms with E-state index in [1.807, 2.05) is 0 Å². The number of nitrogens with two attached hydrogens (primary N) is 1. The predicted octanol–water partition coefficient (Wildman–Crippen LogP) is 3.21. The first-order valence-electron chi connectivity index (χ1n) is 6.93. The number of carbonyl (C=O) groups excluding carboxylic acids is 1. The first-order valence-corrected chi connectivity index (χ1v) is 6.93. The molecule has 5 nitrogen and oxygen atoms in total. The monoisotopic (exact) mass is 375 g/mol. The van der Waals surface area contributed by atoms with Crippen LogP contribution in [0, 0.1) is 5.82 Å². The molecular weight excluding hydrogens is 356 g/mol. The lowest BCUT2D eigenvalue weighted by atomic mass is 10.2. The fourth-order valence-corrected chi connectivity index (χ4v) is 1.81. The number of ether oxygens (including phenoxy) is 1. The van der Waals surface area contributed by atoms with Crippen LogP contribution in [0.3, 0.4) is 0 Å². The van der Waals surface area contributed by atoms with Crippen molar-refractivity contribution in [3.63, 3.8) is 0 Å². The van der Waals surface area contributed by atoms with E-state index in [4.69, 9.17) is 10.5 Å². The third-order valence-corrected chi connectivity index (χ3v) is 2.81. The van der Waals surface area contributed by atoms with Crippen LogP contribution in [0.1, 0.15) is 19.0 Å². The number of rotatable bonds is 6. The molecule has 0 fully saturated rings. The summed E-state index contributed by atoms with van der Waals surface area (Å²) in [7, 11) is 0. The molecule has 0 aliphatic rings. The van der Waals surface area contributed by atoms with Gasteiger partial charge in [-0.1, -0.05) is 0 Å². The topological polar surface area (TPSA) is 77.2 Å². The maximum absolute atomic E-state index is 12.8. The molecule has 1 aromatic carbocycles. The molecule has 1 heterocycles. The fraction of sp³-hybridized carbons (Fsp3) is 0.250. The van der Waals surface area contributed by atoms with Crippen molar-refractivity contribution in [2.45, 2.75) is 25.9 Å². The van der Waals surface area contributed by atoms with Gasteiger partial charge >= 0.3 is 0 Å². The third-order valence-electron chi connectivity index (χ3n) is 2.81. The van der Waals surface area contributed by atoms with E-state index < -0.39 is 0 Å². The van der Waals surface area contributed by atoms with Crippen LogP contribution in [0.5, 0.6) is 11.5 Å². The number of amides is 1. The van der Waals surface area contributed by atoms with Gasteiger partial charge in [-0.3, -0.25) is 9.78 Å². The number of pyridine rings is 1. The van der Waals surface area contributed by atoms with E-state index >= 15 is 0 Å². The van der Waals surface area contributed by atoms with E-state index in [1.165, 1.54) is 12.1 Å². The number of hydrogen-bond donors (Lipinski definition) is 2. The van der Waals surface area contributed by atoms with Crippen LogP contribution in [-0.2, 0) is 11.3 Å². The van der Waals surface area contributed by atoms with Gasteiger partial charge in [0.2, 0.25) is 5.91 Å². The summed E-state index contributed by atoms with van der Waals surface area (Å²) in [5.41, 5.74) is 6.22. The summed E-state index contributed by atoms with van der Waals surface area (Å²) in [6.45, 7) is 2.07. The summed E-state index contributed by atoms with van der Waals surface area (Å²) in [6.07, 6.45) is 1.86. The molecule has 0 saturated heterocycles. The van der Waals surface area contributed by atoms with E-state index in [1.54, 1.807) is 37.4 Å². The number of carbonyl (C=O) groups is 1. The molecule has 1 amide bonds. The molecule has 1 unspecified atom stereocenters. The number of hydrogen-bond acceptors (Lipinski definition) is 4. The highest BCUT2D eigenvalue weighted by molar-refractivity contribution is 5.85. The Bertz CT molecular complexity index is 639. The van der Waals surface area contributed by atoms with Crippen molar-refractivity contribution in [3.8, 4) is 11.5 Å². The van der Waals surface area contributed by atoms with E-state index in [0.29, 0.717) is 23.7 Å². The molecule has 24 heavy (non-hydrogen) atoms. The van der Waals surface area contributed by atoms with E-state index in [9.17, 15) is 9.18 Å². The van der Waals surface area contributed by atoms with Crippen LogP contribution in [0.25, 0.3) is 0 Å². The van der Waals surface area contributed by atoms with Gasteiger partial charge in [-0.25, -0.2) is 4.39 Å². The van der Waals surface area contributed by atoms with Crippen LogP contribution in [0.2, 0.25) is 0 Å². The van der Waals surface area contributed by atoms with Gasteiger partial charge in [0.15, 0.2) is 0 Å². The molecule has 132 valence electrons. The second-order valence-electron chi connectivity index (χ2n) is 5.00. The molecule has 0 aliphatic carbocycles. The largest absolute Gasteiger partial charge is 0.457 e. The lowest BCUT2D eigenvalue weighted by molar-refractivity contribution is -0.121. The maximum atomic E-state index is 12.8. The normalized spacial score (nSPS) is 10.8. The van der Waals surface area contributed by atoms with E-state index in [2.05, 4.69) is 10.3 Å². The molecule has 0 aliphatic heterocycles. The maximum Gasteiger partial charge on any atom is 0.221 e. The minimum absolute atomic E-state index is 0. The Morgan fingerprint density at radius 3 is 2.54 bits per heavy atom. The van der Waals surface area contributed by atoms with Crippen LogP contribution in [-0.4, -0.2) is 16.9 Å². The van der Waals surface area contributed by atoms with Crippen molar-refractivity contribution in [1.29, 1.82) is 0 Å². The second-order valence-corrected chi connectivity index (χ2v) is 5.00. The van der Waals surface area contributed by atoms with Crippen LogP contribution >= 0.6 is 24.8 Å². The Morgan fingerprint density at radius 2 is 1.92 bits per heavy atom. The smallest absolute Gasteiger partial charge is 0.221 e. The van der Waals surface area contributed by atoms with Crippen LogP contribution in [0.4, 0.5) is 4.39 Å². The molecule has 1 atom stereocenters. The number of aromatic nitrogens is 1. The van der Waals surface area contributed by atoms with Gasteiger partial charge in [0.25, 0.3) is 0 Å². The van der Waals surface area contributed by atoms with Gasteiger partial charge in [0.1, 0.15) is 17.3 Å². The summed E-state index contributed by atoms with van der Waals surface area (Å²) in [4.78, 5) is 15.7. The lowest BCUT2D eigenvalue weighted by Gasteiger charge is -2.09. The van der Waals surface area contributed by atoms with Gasteiger partial charge in [-0.15, -0.1) is 24.8 Å². The number of benzene rings is 1. The standard InChI is InChI=1S/C16H18FN3O2.2ClH/c1-11(18)8-16(21)20-10-13-9-15(6-7-19-13)22-14-4-2-12(17)3-5-14;;/h2-7,9,11H,8,10,18H2,1H3,(H,20,21);2*1H. The second kappa shape index (κ2) is 10.8. The Morgan fingerprint density at radius 1 is 1.25 bits per heavy atom. The van der Waals surface area contributed by atoms with E-state index in [-0.39, 0.29) is 49.0 Å². The first kappa shape index (κ1) is 22.1. The molecule has 0 radical (unpaired) electrons. The highest BCUT2D eigenvalue weighted by Gasteiger charge is 2.06. The Labute approximate surface area is 152 Å². The molecule has 2 rings (SSSR count).